The topological polar surface area (TPSA) is 21.3 Å². The van der Waals surface area contributed by atoms with Gasteiger partial charge < -0.3 is 10.1 Å². The lowest BCUT2D eigenvalue weighted by Gasteiger charge is -2.27. The zero-order valence-corrected chi connectivity index (χ0v) is 11.9. The zero-order valence-electron chi connectivity index (χ0n) is 11.9. The van der Waals surface area contributed by atoms with Crippen molar-refractivity contribution in [2.75, 3.05) is 13.2 Å². The minimum Gasteiger partial charge on any atom is -0.376 e. The molecule has 0 aromatic heterocycles. The van der Waals surface area contributed by atoms with Crippen molar-refractivity contribution in [1.29, 1.82) is 0 Å². The molecule has 0 bridgehead atoms. The van der Waals surface area contributed by atoms with Crippen molar-refractivity contribution < 1.29 is 9.13 Å². The Morgan fingerprint density at radius 2 is 2.21 bits per heavy atom. The number of nitrogens with one attached hydrogen (secondary N) is 1. The van der Waals surface area contributed by atoms with Crippen LogP contribution in [0.1, 0.15) is 32.3 Å². The number of rotatable bonds is 6. The smallest absolute Gasteiger partial charge is 0.126 e. The van der Waals surface area contributed by atoms with Crippen LogP contribution in [0.3, 0.4) is 0 Å². The summed E-state index contributed by atoms with van der Waals surface area (Å²) in [6.45, 7) is 6.14. The lowest BCUT2D eigenvalue weighted by atomic mass is 9.92. The van der Waals surface area contributed by atoms with Gasteiger partial charge in [-0.3, -0.25) is 0 Å². The molecule has 0 spiro atoms. The SMILES string of the molecule is CCCNC(Cc1ccccc1F)C1OCCC1C. The number of benzene rings is 1. The van der Waals surface area contributed by atoms with Gasteiger partial charge in [-0.2, -0.15) is 0 Å². The quantitative estimate of drug-likeness (QED) is 0.853. The first-order valence-corrected chi connectivity index (χ1v) is 7.30. The van der Waals surface area contributed by atoms with Gasteiger partial charge in [0.25, 0.3) is 0 Å². The fourth-order valence-corrected chi connectivity index (χ4v) is 2.77. The molecule has 106 valence electrons. The van der Waals surface area contributed by atoms with Crippen LogP contribution >= 0.6 is 0 Å². The Balaban J connectivity index is 2.07. The Bertz CT molecular complexity index is 396. The number of ether oxygens (including phenoxy) is 1. The van der Waals surface area contributed by atoms with Crippen LogP contribution in [0.4, 0.5) is 4.39 Å². The van der Waals surface area contributed by atoms with Crippen LogP contribution in [0, 0.1) is 11.7 Å². The molecule has 3 atom stereocenters. The molecule has 0 saturated carbocycles. The molecule has 3 unspecified atom stereocenters. The fraction of sp³-hybridized carbons (Fsp3) is 0.625. The Labute approximate surface area is 115 Å². The summed E-state index contributed by atoms with van der Waals surface area (Å²) >= 11 is 0. The maximum Gasteiger partial charge on any atom is 0.126 e. The molecule has 2 nitrogen and oxygen atoms in total. The van der Waals surface area contributed by atoms with Gasteiger partial charge in [-0.15, -0.1) is 0 Å². The van der Waals surface area contributed by atoms with Gasteiger partial charge in [0, 0.05) is 12.6 Å². The van der Waals surface area contributed by atoms with Gasteiger partial charge in [0.05, 0.1) is 6.10 Å². The summed E-state index contributed by atoms with van der Waals surface area (Å²) in [7, 11) is 0. The molecule has 1 fully saturated rings. The van der Waals surface area contributed by atoms with E-state index < -0.39 is 0 Å². The molecule has 1 aliphatic heterocycles. The molecule has 1 saturated heterocycles. The van der Waals surface area contributed by atoms with Gasteiger partial charge in [0.15, 0.2) is 0 Å². The first kappa shape index (κ1) is 14.5. The second-order valence-corrected chi connectivity index (χ2v) is 5.46. The summed E-state index contributed by atoms with van der Waals surface area (Å²) < 4.78 is 19.6. The molecule has 0 amide bonds. The van der Waals surface area contributed by atoms with Gasteiger partial charge in [-0.05, 0) is 43.4 Å². The van der Waals surface area contributed by atoms with E-state index >= 15 is 0 Å². The van der Waals surface area contributed by atoms with Crippen LogP contribution in [0.25, 0.3) is 0 Å². The number of hydrogen-bond acceptors (Lipinski definition) is 2. The molecule has 2 rings (SSSR count). The number of hydrogen-bond donors (Lipinski definition) is 1. The molecule has 0 radical (unpaired) electrons. The van der Waals surface area contributed by atoms with Gasteiger partial charge >= 0.3 is 0 Å². The molecule has 19 heavy (non-hydrogen) atoms. The summed E-state index contributed by atoms with van der Waals surface area (Å²) in [4.78, 5) is 0. The van der Waals surface area contributed by atoms with Crippen LogP contribution in [-0.4, -0.2) is 25.3 Å². The molecule has 3 heteroatoms. The van der Waals surface area contributed by atoms with E-state index in [1.54, 1.807) is 6.07 Å². The molecule has 1 N–H and O–H groups in total. The van der Waals surface area contributed by atoms with Crippen molar-refractivity contribution in [3.63, 3.8) is 0 Å². The van der Waals surface area contributed by atoms with Crippen LogP contribution in [0.15, 0.2) is 24.3 Å². The van der Waals surface area contributed by atoms with Crippen LogP contribution in [0.5, 0.6) is 0 Å². The fourth-order valence-electron chi connectivity index (χ4n) is 2.77. The number of halogens is 1. The third-order valence-corrected chi connectivity index (χ3v) is 3.90. The monoisotopic (exact) mass is 265 g/mol. The average molecular weight is 265 g/mol. The average Bonchev–Trinajstić information content (AvgIpc) is 2.83. The van der Waals surface area contributed by atoms with Crippen molar-refractivity contribution in [1.82, 2.24) is 5.32 Å². The van der Waals surface area contributed by atoms with Crippen molar-refractivity contribution in [2.45, 2.75) is 45.3 Å². The van der Waals surface area contributed by atoms with Crippen molar-refractivity contribution in [3.8, 4) is 0 Å². The highest BCUT2D eigenvalue weighted by atomic mass is 19.1. The van der Waals surface area contributed by atoms with Crippen molar-refractivity contribution in [2.24, 2.45) is 5.92 Å². The second-order valence-electron chi connectivity index (χ2n) is 5.46. The third-order valence-electron chi connectivity index (χ3n) is 3.90. The Hall–Kier alpha value is -0.930. The largest absolute Gasteiger partial charge is 0.376 e. The summed E-state index contributed by atoms with van der Waals surface area (Å²) in [5.74, 6) is 0.428. The predicted octanol–water partition coefficient (Wildman–Crippen LogP) is 3.16. The van der Waals surface area contributed by atoms with Gasteiger partial charge in [0.2, 0.25) is 0 Å². The van der Waals surface area contributed by atoms with E-state index in [0.29, 0.717) is 12.3 Å². The lowest BCUT2D eigenvalue weighted by Crippen LogP contribution is -2.44. The maximum atomic E-state index is 13.8. The normalized spacial score (nSPS) is 24.6. The van der Waals surface area contributed by atoms with Crippen LogP contribution in [-0.2, 0) is 11.2 Å². The first-order chi connectivity index (χ1) is 9.22. The van der Waals surface area contributed by atoms with E-state index in [9.17, 15) is 4.39 Å². The Morgan fingerprint density at radius 3 is 2.84 bits per heavy atom. The third kappa shape index (κ3) is 3.77. The first-order valence-electron chi connectivity index (χ1n) is 7.30. The Kier molecular flexibility index (Phi) is 5.34. The second kappa shape index (κ2) is 7.01. The summed E-state index contributed by atoms with van der Waals surface area (Å²) in [6, 6.07) is 7.24. The zero-order chi connectivity index (χ0) is 13.7. The minimum absolute atomic E-state index is 0.114. The highest BCUT2D eigenvalue weighted by Crippen LogP contribution is 2.25. The summed E-state index contributed by atoms with van der Waals surface area (Å²) in [5, 5.41) is 3.53. The van der Waals surface area contributed by atoms with Gasteiger partial charge in [-0.25, -0.2) is 4.39 Å². The maximum absolute atomic E-state index is 13.8. The molecule has 1 aliphatic rings. The minimum atomic E-state index is -0.114. The van der Waals surface area contributed by atoms with E-state index in [4.69, 9.17) is 4.74 Å². The van der Waals surface area contributed by atoms with Crippen molar-refractivity contribution >= 4 is 0 Å². The predicted molar refractivity (Wildman–Crippen MR) is 75.7 cm³/mol. The highest BCUT2D eigenvalue weighted by molar-refractivity contribution is 5.19. The molecular formula is C16H24FNO. The Morgan fingerprint density at radius 1 is 1.42 bits per heavy atom. The van der Waals surface area contributed by atoms with Crippen molar-refractivity contribution in [3.05, 3.63) is 35.6 Å². The van der Waals surface area contributed by atoms with E-state index in [-0.39, 0.29) is 18.0 Å². The molecular weight excluding hydrogens is 241 g/mol. The van der Waals surface area contributed by atoms with Gasteiger partial charge in [0.1, 0.15) is 5.82 Å². The van der Waals surface area contributed by atoms with E-state index in [1.807, 2.05) is 12.1 Å². The standard InChI is InChI=1S/C16H24FNO/c1-3-9-18-15(16-12(2)8-10-19-16)11-13-6-4-5-7-14(13)17/h4-7,12,15-16,18H,3,8-11H2,1-2H3. The highest BCUT2D eigenvalue weighted by Gasteiger charge is 2.32. The lowest BCUT2D eigenvalue weighted by molar-refractivity contribution is 0.0608. The molecule has 1 heterocycles. The van der Waals surface area contributed by atoms with E-state index in [1.165, 1.54) is 6.07 Å². The molecule has 1 aromatic rings. The van der Waals surface area contributed by atoms with Gasteiger partial charge in [-0.1, -0.05) is 32.0 Å². The molecule has 0 aliphatic carbocycles. The summed E-state index contributed by atoms with van der Waals surface area (Å²) in [6.07, 6.45) is 3.08. The van der Waals surface area contributed by atoms with E-state index in [2.05, 4.69) is 19.2 Å². The van der Waals surface area contributed by atoms with Crippen LogP contribution < -0.4 is 5.32 Å². The van der Waals surface area contributed by atoms with E-state index in [0.717, 1.165) is 31.6 Å². The van der Waals surface area contributed by atoms with Crippen LogP contribution in [0.2, 0.25) is 0 Å². The summed E-state index contributed by atoms with van der Waals surface area (Å²) in [5.41, 5.74) is 0.777. The molecule has 1 aromatic carbocycles.